The predicted octanol–water partition coefficient (Wildman–Crippen LogP) is 3.82. The molecule has 0 unspecified atom stereocenters. The van der Waals surface area contributed by atoms with Gasteiger partial charge in [0.15, 0.2) is 5.16 Å². The van der Waals surface area contributed by atoms with Gasteiger partial charge in [-0.25, -0.2) is 0 Å². The Morgan fingerprint density at radius 2 is 2.00 bits per heavy atom. The Labute approximate surface area is 141 Å². The molecule has 0 bridgehead atoms. The molecule has 2 rings (SSSR count). The van der Waals surface area contributed by atoms with E-state index in [1.54, 1.807) is 6.33 Å². The van der Waals surface area contributed by atoms with Crippen LogP contribution in [0.4, 0.5) is 5.69 Å². The molecule has 0 fully saturated rings. The maximum absolute atomic E-state index is 12.2. The van der Waals surface area contributed by atoms with Crippen molar-refractivity contribution in [3.63, 3.8) is 0 Å². The summed E-state index contributed by atoms with van der Waals surface area (Å²) in [5.41, 5.74) is 3.06. The zero-order valence-electron chi connectivity index (χ0n) is 14.0. The molecule has 0 saturated heterocycles. The summed E-state index contributed by atoms with van der Waals surface area (Å²) in [6, 6.07) is 5.99. The Hall–Kier alpha value is -1.82. The molecule has 1 heterocycles. The third kappa shape index (κ3) is 5.10. The first-order chi connectivity index (χ1) is 11.1. The minimum atomic E-state index is -0.0180. The lowest BCUT2D eigenvalue weighted by Gasteiger charge is -2.11. The minimum Gasteiger partial charge on any atom is -0.325 e. The van der Waals surface area contributed by atoms with E-state index in [0.717, 1.165) is 34.9 Å². The number of unbranched alkanes of at least 4 members (excludes halogenated alkanes) is 2. The summed E-state index contributed by atoms with van der Waals surface area (Å²) in [5, 5.41) is 11.9. The first-order valence-electron chi connectivity index (χ1n) is 7.98. The van der Waals surface area contributed by atoms with E-state index in [9.17, 15) is 4.79 Å². The number of aryl methyl sites for hydroxylation is 3. The van der Waals surface area contributed by atoms with E-state index in [1.807, 2.05) is 36.6 Å². The molecule has 124 valence electrons. The topological polar surface area (TPSA) is 59.8 Å². The number of para-hydroxylation sites is 1. The third-order valence-electron chi connectivity index (χ3n) is 3.66. The maximum Gasteiger partial charge on any atom is 0.234 e. The first kappa shape index (κ1) is 17.5. The van der Waals surface area contributed by atoms with Crippen molar-refractivity contribution in [1.82, 2.24) is 14.8 Å². The lowest BCUT2D eigenvalue weighted by atomic mass is 10.1. The Morgan fingerprint density at radius 3 is 2.70 bits per heavy atom. The van der Waals surface area contributed by atoms with Crippen molar-refractivity contribution < 1.29 is 4.79 Å². The Morgan fingerprint density at radius 1 is 1.26 bits per heavy atom. The average molecular weight is 332 g/mol. The van der Waals surface area contributed by atoms with Crippen molar-refractivity contribution >= 4 is 23.4 Å². The van der Waals surface area contributed by atoms with Gasteiger partial charge in [-0.3, -0.25) is 4.79 Å². The van der Waals surface area contributed by atoms with Gasteiger partial charge in [0.05, 0.1) is 5.75 Å². The van der Waals surface area contributed by atoms with E-state index in [0.29, 0.717) is 5.75 Å². The quantitative estimate of drug-likeness (QED) is 0.590. The first-order valence-corrected chi connectivity index (χ1v) is 8.97. The van der Waals surface area contributed by atoms with E-state index in [-0.39, 0.29) is 5.91 Å². The van der Waals surface area contributed by atoms with Gasteiger partial charge in [0, 0.05) is 12.2 Å². The van der Waals surface area contributed by atoms with Gasteiger partial charge in [-0.1, -0.05) is 49.7 Å². The lowest BCUT2D eigenvalue weighted by Crippen LogP contribution is -2.16. The number of nitrogens with zero attached hydrogens (tertiary/aromatic N) is 3. The summed E-state index contributed by atoms with van der Waals surface area (Å²) in [5.74, 6) is 0.316. The molecule has 2 aromatic rings. The van der Waals surface area contributed by atoms with Crippen LogP contribution in [0, 0.1) is 13.8 Å². The monoisotopic (exact) mass is 332 g/mol. The summed E-state index contributed by atoms with van der Waals surface area (Å²) in [6.07, 6.45) is 5.22. The Bertz CT molecular complexity index is 634. The molecule has 1 N–H and O–H groups in total. The molecule has 1 amide bonds. The molecular formula is C17H24N4OS. The molecular weight excluding hydrogens is 308 g/mol. The van der Waals surface area contributed by atoms with Crippen molar-refractivity contribution in [2.45, 2.75) is 51.7 Å². The van der Waals surface area contributed by atoms with Gasteiger partial charge in [-0.2, -0.15) is 0 Å². The van der Waals surface area contributed by atoms with Crippen LogP contribution in [-0.2, 0) is 11.3 Å². The standard InChI is InChI=1S/C17H24N4OS/c1-4-5-6-10-21-12-18-20-17(21)23-11-15(22)19-16-13(2)8-7-9-14(16)3/h7-9,12H,4-6,10-11H2,1-3H3,(H,19,22). The van der Waals surface area contributed by atoms with Crippen LogP contribution in [0.1, 0.15) is 37.3 Å². The van der Waals surface area contributed by atoms with Gasteiger partial charge < -0.3 is 9.88 Å². The second kappa shape index (κ2) is 8.72. The fourth-order valence-corrected chi connectivity index (χ4v) is 3.10. The van der Waals surface area contributed by atoms with E-state index >= 15 is 0 Å². The average Bonchev–Trinajstić information content (AvgIpc) is 2.97. The molecule has 6 heteroatoms. The number of rotatable bonds is 8. The maximum atomic E-state index is 12.2. The van der Waals surface area contributed by atoms with Gasteiger partial charge in [0.2, 0.25) is 5.91 Å². The normalized spacial score (nSPS) is 10.7. The van der Waals surface area contributed by atoms with Gasteiger partial charge in [-0.05, 0) is 31.4 Å². The van der Waals surface area contributed by atoms with Gasteiger partial charge in [-0.15, -0.1) is 10.2 Å². The number of hydrogen-bond donors (Lipinski definition) is 1. The number of anilines is 1. The fraction of sp³-hybridized carbons (Fsp3) is 0.471. The molecule has 0 atom stereocenters. The summed E-state index contributed by atoms with van der Waals surface area (Å²) in [7, 11) is 0. The van der Waals surface area contributed by atoms with E-state index in [4.69, 9.17) is 0 Å². The van der Waals surface area contributed by atoms with Crippen LogP contribution in [0.2, 0.25) is 0 Å². The number of nitrogens with one attached hydrogen (secondary N) is 1. The Balaban J connectivity index is 1.89. The molecule has 0 aliphatic carbocycles. The second-order valence-corrected chi connectivity index (χ2v) is 6.56. The van der Waals surface area contributed by atoms with Gasteiger partial charge >= 0.3 is 0 Å². The van der Waals surface area contributed by atoms with Crippen molar-refractivity contribution in [3.05, 3.63) is 35.7 Å². The smallest absolute Gasteiger partial charge is 0.234 e. The van der Waals surface area contributed by atoms with Gasteiger partial charge in [0.25, 0.3) is 0 Å². The molecule has 1 aromatic heterocycles. The Kier molecular flexibility index (Phi) is 6.65. The van der Waals surface area contributed by atoms with E-state index in [1.165, 1.54) is 24.6 Å². The van der Waals surface area contributed by atoms with Crippen LogP contribution in [-0.4, -0.2) is 26.4 Å². The van der Waals surface area contributed by atoms with Crippen molar-refractivity contribution in [3.8, 4) is 0 Å². The van der Waals surface area contributed by atoms with Crippen LogP contribution < -0.4 is 5.32 Å². The number of benzene rings is 1. The molecule has 0 saturated carbocycles. The zero-order valence-corrected chi connectivity index (χ0v) is 14.8. The number of hydrogen-bond acceptors (Lipinski definition) is 4. The summed E-state index contributed by atoms with van der Waals surface area (Å²) < 4.78 is 2.02. The number of carbonyl (C=O) groups is 1. The molecule has 23 heavy (non-hydrogen) atoms. The van der Waals surface area contributed by atoms with Crippen LogP contribution in [0.3, 0.4) is 0 Å². The highest BCUT2D eigenvalue weighted by atomic mass is 32.2. The predicted molar refractivity (Wildman–Crippen MR) is 94.8 cm³/mol. The fourth-order valence-electron chi connectivity index (χ4n) is 2.36. The van der Waals surface area contributed by atoms with E-state index in [2.05, 4.69) is 22.4 Å². The van der Waals surface area contributed by atoms with Crippen LogP contribution in [0.5, 0.6) is 0 Å². The van der Waals surface area contributed by atoms with Crippen molar-refractivity contribution in [2.75, 3.05) is 11.1 Å². The second-order valence-electron chi connectivity index (χ2n) is 5.62. The third-order valence-corrected chi connectivity index (χ3v) is 4.64. The lowest BCUT2D eigenvalue weighted by molar-refractivity contribution is -0.113. The number of carbonyl (C=O) groups excluding carboxylic acids is 1. The zero-order chi connectivity index (χ0) is 16.7. The van der Waals surface area contributed by atoms with E-state index < -0.39 is 0 Å². The summed E-state index contributed by atoms with van der Waals surface area (Å²) >= 11 is 1.43. The minimum absolute atomic E-state index is 0.0180. The van der Waals surface area contributed by atoms with Gasteiger partial charge in [0.1, 0.15) is 6.33 Å². The SMILES string of the molecule is CCCCCn1cnnc1SCC(=O)Nc1c(C)cccc1C. The van der Waals surface area contributed by atoms with Crippen LogP contribution in [0.15, 0.2) is 29.7 Å². The summed E-state index contributed by atoms with van der Waals surface area (Å²) in [4.78, 5) is 12.2. The summed E-state index contributed by atoms with van der Waals surface area (Å²) in [6.45, 7) is 7.08. The molecule has 5 nitrogen and oxygen atoms in total. The molecule has 0 radical (unpaired) electrons. The molecule has 0 aliphatic rings. The highest BCUT2D eigenvalue weighted by Crippen LogP contribution is 2.21. The highest BCUT2D eigenvalue weighted by Gasteiger charge is 2.11. The van der Waals surface area contributed by atoms with Crippen molar-refractivity contribution in [2.24, 2.45) is 0 Å². The number of amides is 1. The highest BCUT2D eigenvalue weighted by molar-refractivity contribution is 7.99. The van der Waals surface area contributed by atoms with Crippen LogP contribution >= 0.6 is 11.8 Å². The van der Waals surface area contributed by atoms with Crippen molar-refractivity contribution in [1.29, 1.82) is 0 Å². The number of thioether (sulfide) groups is 1. The molecule has 1 aromatic carbocycles. The largest absolute Gasteiger partial charge is 0.325 e. The number of aromatic nitrogens is 3. The molecule has 0 aliphatic heterocycles. The molecule has 0 spiro atoms. The van der Waals surface area contributed by atoms with Crippen LogP contribution in [0.25, 0.3) is 0 Å².